The molecule has 3 aromatic heterocycles. The van der Waals surface area contributed by atoms with Crippen molar-refractivity contribution in [3.63, 3.8) is 0 Å². The molecule has 0 spiro atoms. The highest BCUT2D eigenvalue weighted by molar-refractivity contribution is 6.33. The number of anilines is 2. The quantitative estimate of drug-likeness (QED) is 0.582. The number of hydrogen-bond acceptors (Lipinski definition) is 6. The van der Waals surface area contributed by atoms with Crippen LogP contribution in [0.5, 0.6) is 0 Å². The summed E-state index contributed by atoms with van der Waals surface area (Å²) >= 11 is 6.53. The maximum Gasteiger partial charge on any atom is 0.225 e. The minimum atomic E-state index is 0.299. The molecular formula is C24H27ClN6. The van der Waals surface area contributed by atoms with Crippen molar-refractivity contribution < 1.29 is 0 Å². The van der Waals surface area contributed by atoms with E-state index < -0.39 is 0 Å². The summed E-state index contributed by atoms with van der Waals surface area (Å²) in [6.07, 6.45) is 8.07. The van der Waals surface area contributed by atoms with Crippen molar-refractivity contribution in [3.8, 4) is 11.3 Å². The molecule has 2 aliphatic rings. The number of nitrogens with zero attached hydrogens (tertiary/aromatic N) is 6. The second-order valence-corrected chi connectivity index (χ2v) is 9.16. The van der Waals surface area contributed by atoms with E-state index in [4.69, 9.17) is 16.6 Å². The van der Waals surface area contributed by atoms with E-state index in [1.54, 1.807) is 6.20 Å². The van der Waals surface area contributed by atoms with E-state index in [2.05, 4.69) is 50.7 Å². The van der Waals surface area contributed by atoms with E-state index in [1.165, 1.54) is 24.1 Å². The Bertz CT molecular complexity index is 1130. The number of halogens is 1. The fraction of sp³-hybridized carbons (Fsp3) is 0.417. The van der Waals surface area contributed by atoms with Crippen LogP contribution in [0.2, 0.25) is 5.02 Å². The van der Waals surface area contributed by atoms with Gasteiger partial charge in [-0.05, 0) is 43.9 Å². The molecule has 0 radical (unpaired) electrons. The maximum absolute atomic E-state index is 6.53. The van der Waals surface area contributed by atoms with E-state index in [1.807, 2.05) is 19.3 Å². The first-order valence-corrected chi connectivity index (χ1v) is 11.3. The molecule has 1 unspecified atom stereocenters. The minimum Gasteiger partial charge on any atom is -0.351 e. The Balaban J connectivity index is 1.45. The highest BCUT2D eigenvalue weighted by atomic mass is 35.5. The zero-order valence-corrected chi connectivity index (χ0v) is 19.0. The van der Waals surface area contributed by atoms with Gasteiger partial charge in [-0.25, -0.2) is 15.0 Å². The van der Waals surface area contributed by atoms with Crippen molar-refractivity contribution >= 4 is 23.4 Å². The number of aryl methyl sites for hydroxylation is 2. The average molecular weight is 435 g/mol. The van der Waals surface area contributed by atoms with Gasteiger partial charge < -0.3 is 9.80 Å². The molecule has 0 bridgehead atoms. The molecule has 0 aliphatic carbocycles. The van der Waals surface area contributed by atoms with Gasteiger partial charge in [0.2, 0.25) is 5.95 Å². The normalized spacial score (nSPS) is 18.4. The molecule has 0 saturated carbocycles. The molecule has 160 valence electrons. The molecule has 2 aliphatic heterocycles. The summed E-state index contributed by atoms with van der Waals surface area (Å²) in [4.78, 5) is 23.5. The number of aromatic nitrogens is 4. The second-order valence-electron chi connectivity index (χ2n) is 8.76. The van der Waals surface area contributed by atoms with Crippen LogP contribution in [0.25, 0.3) is 11.3 Å². The van der Waals surface area contributed by atoms with Gasteiger partial charge >= 0.3 is 0 Å². The number of pyridine rings is 2. The van der Waals surface area contributed by atoms with Crippen LogP contribution in [0, 0.1) is 13.8 Å². The zero-order chi connectivity index (χ0) is 21.5. The van der Waals surface area contributed by atoms with Crippen LogP contribution < -0.4 is 9.80 Å². The highest BCUT2D eigenvalue weighted by Gasteiger charge is 2.27. The van der Waals surface area contributed by atoms with Gasteiger partial charge in [0.1, 0.15) is 5.82 Å². The maximum atomic E-state index is 6.53. The van der Waals surface area contributed by atoms with Crippen molar-refractivity contribution in [3.05, 3.63) is 58.1 Å². The lowest BCUT2D eigenvalue weighted by Gasteiger charge is -2.33. The molecule has 0 amide bonds. The smallest absolute Gasteiger partial charge is 0.225 e. The molecule has 0 N–H and O–H groups in total. The number of rotatable bonds is 3. The fourth-order valence-electron chi connectivity index (χ4n) is 4.67. The SMILES string of the molecule is Cc1cnc(-c2cc(N3Cc4cnc(N5CCCC5)nc4C(C)C3)ncc2Cl)c(C)c1. The highest BCUT2D eigenvalue weighted by Crippen LogP contribution is 2.35. The van der Waals surface area contributed by atoms with Crippen LogP contribution in [0.15, 0.2) is 30.7 Å². The summed E-state index contributed by atoms with van der Waals surface area (Å²) in [5.41, 5.74) is 6.41. The summed E-state index contributed by atoms with van der Waals surface area (Å²) in [6.45, 7) is 10.1. The molecule has 1 saturated heterocycles. The number of fused-ring (bicyclic) bond motifs is 1. The topological polar surface area (TPSA) is 58.0 Å². The summed E-state index contributed by atoms with van der Waals surface area (Å²) in [5.74, 6) is 2.08. The Hall–Kier alpha value is -2.73. The predicted molar refractivity (Wildman–Crippen MR) is 125 cm³/mol. The average Bonchev–Trinajstić information content (AvgIpc) is 3.29. The Kier molecular flexibility index (Phi) is 5.26. The molecule has 5 heterocycles. The molecule has 0 aromatic carbocycles. The molecule has 7 heteroatoms. The molecule has 3 aromatic rings. The fourth-order valence-corrected chi connectivity index (χ4v) is 4.86. The Morgan fingerprint density at radius 3 is 2.55 bits per heavy atom. The Morgan fingerprint density at radius 2 is 1.77 bits per heavy atom. The van der Waals surface area contributed by atoms with E-state index >= 15 is 0 Å². The van der Waals surface area contributed by atoms with Gasteiger partial charge in [0.25, 0.3) is 0 Å². The summed E-state index contributed by atoms with van der Waals surface area (Å²) < 4.78 is 0. The molecule has 5 rings (SSSR count). The molecule has 1 fully saturated rings. The van der Waals surface area contributed by atoms with Gasteiger partial charge in [-0.3, -0.25) is 4.98 Å². The minimum absolute atomic E-state index is 0.299. The predicted octanol–water partition coefficient (Wildman–Crippen LogP) is 4.93. The number of hydrogen-bond donors (Lipinski definition) is 0. The molecule has 31 heavy (non-hydrogen) atoms. The van der Waals surface area contributed by atoms with Gasteiger partial charge in [-0.15, -0.1) is 0 Å². The van der Waals surface area contributed by atoms with Crippen LogP contribution in [-0.4, -0.2) is 39.6 Å². The first kappa shape index (κ1) is 20.2. The van der Waals surface area contributed by atoms with E-state index in [9.17, 15) is 0 Å². The summed E-state index contributed by atoms with van der Waals surface area (Å²) in [5, 5.41) is 0.618. The van der Waals surface area contributed by atoms with E-state index in [0.717, 1.165) is 60.3 Å². The van der Waals surface area contributed by atoms with E-state index in [0.29, 0.717) is 10.9 Å². The first-order valence-electron chi connectivity index (χ1n) is 10.9. The van der Waals surface area contributed by atoms with Gasteiger partial charge in [0.15, 0.2) is 0 Å². The van der Waals surface area contributed by atoms with Crippen LogP contribution in [-0.2, 0) is 6.54 Å². The lowest BCUT2D eigenvalue weighted by atomic mass is 9.97. The lowest BCUT2D eigenvalue weighted by molar-refractivity contribution is 0.609. The monoisotopic (exact) mass is 434 g/mol. The standard InChI is InChI=1S/C24H27ClN6/c1-15-8-16(2)23(27-10-15)19-9-21(26-12-20(19)25)31-13-17(3)22-18(14-31)11-28-24(29-22)30-6-4-5-7-30/h8-12,17H,4-7,13-14H2,1-3H3. The van der Waals surface area contributed by atoms with Crippen molar-refractivity contribution in [2.45, 2.75) is 46.1 Å². The largest absolute Gasteiger partial charge is 0.351 e. The van der Waals surface area contributed by atoms with Gasteiger partial charge in [0.05, 0.1) is 16.4 Å². The molecular weight excluding hydrogens is 408 g/mol. The van der Waals surface area contributed by atoms with Crippen molar-refractivity contribution in [1.29, 1.82) is 0 Å². The Morgan fingerprint density at radius 1 is 0.968 bits per heavy atom. The van der Waals surface area contributed by atoms with Crippen molar-refractivity contribution in [2.75, 3.05) is 29.4 Å². The van der Waals surface area contributed by atoms with Crippen LogP contribution in [0.3, 0.4) is 0 Å². The van der Waals surface area contributed by atoms with Crippen molar-refractivity contribution in [1.82, 2.24) is 19.9 Å². The Labute approximate surface area is 188 Å². The van der Waals surface area contributed by atoms with Crippen molar-refractivity contribution in [2.24, 2.45) is 0 Å². The third kappa shape index (κ3) is 3.85. The van der Waals surface area contributed by atoms with Crippen LogP contribution in [0.4, 0.5) is 11.8 Å². The third-order valence-corrected chi connectivity index (χ3v) is 6.53. The van der Waals surface area contributed by atoms with E-state index in [-0.39, 0.29) is 0 Å². The molecule has 6 nitrogen and oxygen atoms in total. The first-order chi connectivity index (χ1) is 15.0. The summed E-state index contributed by atoms with van der Waals surface area (Å²) in [7, 11) is 0. The second kappa shape index (κ2) is 8.08. The molecule has 1 atom stereocenters. The summed E-state index contributed by atoms with van der Waals surface area (Å²) in [6, 6.07) is 4.19. The van der Waals surface area contributed by atoms with Gasteiger partial charge in [0, 0.05) is 61.8 Å². The van der Waals surface area contributed by atoms with Gasteiger partial charge in [-0.1, -0.05) is 24.6 Å². The van der Waals surface area contributed by atoms with Gasteiger partial charge in [-0.2, -0.15) is 0 Å². The lowest BCUT2D eigenvalue weighted by Crippen LogP contribution is -2.34. The van der Waals surface area contributed by atoms with Crippen LogP contribution >= 0.6 is 11.6 Å². The zero-order valence-electron chi connectivity index (χ0n) is 18.3. The van der Waals surface area contributed by atoms with Crippen LogP contribution in [0.1, 0.15) is 48.1 Å². The third-order valence-electron chi connectivity index (χ3n) is 6.23.